The number of esters is 1. The van der Waals surface area contributed by atoms with Gasteiger partial charge in [-0.3, -0.25) is 0 Å². The molecule has 0 spiro atoms. The Labute approximate surface area is 353 Å². The molecule has 0 N–H and O–H groups in total. The molecule has 11 unspecified atom stereocenters. The maximum absolute atomic E-state index is 14.0. The largest absolute Gasteiger partial charge is 0.471 e. The second-order valence-electron chi connectivity index (χ2n) is 23.0. The van der Waals surface area contributed by atoms with Crippen molar-refractivity contribution in [2.45, 2.75) is 199 Å². The van der Waals surface area contributed by atoms with Gasteiger partial charge in [-0.2, -0.15) is 0 Å². The minimum atomic E-state index is -2.47. The molecule has 2 heterocycles. The van der Waals surface area contributed by atoms with E-state index in [1.54, 1.807) is 0 Å². The standard InChI is InChI=1S/C38H82O12Si7/c1-26-29-36(41-24-27(35(39)40-2)38(29,50-57(21,22)23)34(49-56(18,19)20)30(26)45-52(6,7)8)44-37-33(48-55(15,16)17)32(47-54(12,13)14)31(46-53(9,10)11)28(43-37)25-42-51(3,4)5/h24,26,28-34,36-37H,25H2,1-23H3. The average Bonchev–Trinajstić information content (AvgIpc) is 3.16. The monoisotopic (exact) mass is 926 g/mol. The first-order chi connectivity index (χ1) is 25.4. The molecule has 0 amide bonds. The fourth-order valence-corrected chi connectivity index (χ4v) is 15.4. The van der Waals surface area contributed by atoms with Gasteiger partial charge in [0, 0.05) is 0 Å². The average molecular weight is 928 g/mol. The maximum Gasteiger partial charge on any atom is 0.339 e. The summed E-state index contributed by atoms with van der Waals surface area (Å²) in [6.07, 6.45) is -3.63. The number of hydrogen-bond acceptors (Lipinski definition) is 12. The third kappa shape index (κ3) is 14.6. The topological polar surface area (TPSA) is 119 Å². The first-order valence-electron chi connectivity index (χ1n) is 20.8. The second-order valence-corrected chi connectivity index (χ2v) is 54.2. The molecule has 1 aliphatic carbocycles. The van der Waals surface area contributed by atoms with Crippen LogP contribution in [0.2, 0.25) is 137 Å². The molecule has 12 nitrogen and oxygen atoms in total. The highest BCUT2D eigenvalue weighted by molar-refractivity contribution is 6.72. The number of methoxy groups -OCH3 is 1. The van der Waals surface area contributed by atoms with E-state index in [-0.39, 0.29) is 11.5 Å². The first-order valence-corrected chi connectivity index (χ1v) is 44.7. The fraction of sp³-hybridized carbons (Fsp3) is 0.921. The van der Waals surface area contributed by atoms with E-state index in [0.29, 0.717) is 6.61 Å². The van der Waals surface area contributed by atoms with Crippen molar-refractivity contribution in [2.24, 2.45) is 11.8 Å². The van der Waals surface area contributed by atoms with Crippen molar-refractivity contribution in [3.8, 4) is 0 Å². The minimum Gasteiger partial charge on any atom is -0.471 e. The van der Waals surface area contributed by atoms with E-state index in [0.717, 1.165) is 0 Å². The molecule has 334 valence electrons. The Morgan fingerprint density at radius 3 is 1.49 bits per heavy atom. The summed E-state index contributed by atoms with van der Waals surface area (Å²) in [5, 5.41) is 0. The Kier molecular flexibility index (Phi) is 16.4. The second kappa shape index (κ2) is 18.1. The molecule has 0 bridgehead atoms. The molecule has 19 heteroatoms. The predicted molar refractivity (Wildman–Crippen MR) is 245 cm³/mol. The lowest BCUT2D eigenvalue weighted by atomic mass is 9.78. The van der Waals surface area contributed by atoms with Crippen LogP contribution in [-0.4, -0.2) is 133 Å². The normalized spacial score (nSPS) is 33.4. The van der Waals surface area contributed by atoms with Crippen LogP contribution in [0.15, 0.2) is 11.8 Å². The summed E-state index contributed by atoms with van der Waals surface area (Å²) in [6.45, 7) is 47.9. The van der Waals surface area contributed by atoms with E-state index in [4.69, 9.17) is 49.9 Å². The lowest BCUT2D eigenvalue weighted by Crippen LogP contribution is -2.68. The summed E-state index contributed by atoms with van der Waals surface area (Å²) >= 11 is 0. The minimum absolute atomic E-state index is 0.240. The van der Waals surface area contributed by atoms with E-state index >= 15 is 0 Å². The number of fused-ring (bicyclic) bond motifs is 1. The number of carbonyl (C=O) groups excluding carboxylic acids is 1. The summed E-state index contributed by atoms with van der Waals surface area (Å²) in [5.41, 5.74) is -1.04. The Morgan fingerprint density at radius 1 is 0.596 bits per heavy atom. The molecule has 57 heavy (non-hydrogen) atoms. The lowest BCUT2D eigenvalue weighted by molar-refractivity contribution is -0.340. The molecule has 2 aliphatic heterocycles. The Bertz CT molecular complexity index is 1390. The highest BCUT2D eigenvalue weighted by Gasteiger charge is 2.71. The van der Waals surface area contributed by atoms with Gasteiger partial charge in [0.25, 0.3) is 0 Å². The lowest BCUT2D eigenvalue weighted by Gasteiger charge is -2.53. The fourth-order valence-electron chi connectivity index (χ4n) is 7.85. The molecular weight excluding hydrogens is 845 g/mol. The van der Waals surface area contributed by atoms with Crippen LogP contribution < -0.4 is 0 Å². The third-order valence-corrected chi connectivity index (χ3v) is 16.1. The van der Waals surface area contributed by atoms with E-state index in [1.165, 1.54) is 13.4 Å². The van der Waals surface area contributed by atoms with Crippen molar-refractivity contribution in [3.05, 3.63) is 11.8 Å². The van der Waals surface area contributed by atoms with Crippen molar-refractivity contribution < 1.29 is 54.7 Å². The summed E-state index contributed by atoms with van der Waals surface area (Å²) in [7, 11) is -14.2. The van der Waals surface area contributed by atoms with Crippen molar-refractivity contribution in [1.29, 1.82) is 0 Å². The number of rotatable bonds is 18. The van der Waals surface area contributed by atoms with Gasteiger partial charge < -0.3 is 49.9 Å². The van der Waals surface area contributed by atoms with Gasteiger partial charge in [-0.05, 0) is 143 Å². The number of hydrogen-bond donors (Lipinski definition) is 0. The van der Waals surface area contributed by atoms with E-state index in [9.17, 15) is 4.79 Å². The van der Waals surface area contributed by atoms with E-state index in [2.05, 4.69) is 144 Å². The summed E-state index contributed by atoms with van der Waals surface area (Å²) in [6, 6.07) is 0. The number of carbonyl (C=O) groups is 1. The van der Waals surface area contributed by atoms with Crippen LogP contribution in [0.25, 0.3) is 0 Å². The van der Waals surface area contributed by atoms with Crippen LogP contribution in [0.1, 0.15) is 6.92 Å². The predicted octanol–water partition coefficient (Wildman–Crippen LogP) is 8.95. The van der Waals surface area contributed by atoms with Crippen molar-refractivity contribution in [3.63, 3.8) is 0 Å². The van der Waals surface area contributed by atoms with E-state index < -0.39 is 125 Å². The highest BCUT2D eigenvalue weighted by atomic mass is 28.4. The molecule has 3 rings (SSSR count). The summed E-state index contributed by atoms with van der Waals surface area (Å²) in [5.74, 6) is -1.34. The first kappa shape index (κ1) is 51.5. The van der Waals surface area contributed by atoms with Gasteiger partial charge in [-0.1, -0.05) is 6.92 Å². The van der Waals surface area contributed by atoms with Crippen molar-refractivity contribution in [2.75, 3.05) is 13.7 Å². The van der Waals surface area contributed by atoms with Crippen LogP contribution in [0.5, 0.6) is 0 Å². The van der Waals surface area contributed by atoms with E-state index in [1.807, 2.05) is 0 Å². The van der Waals surface area contributed by atoms with Crippen LogP contribution in [0.3, 0.4) is 0 Å². The van der Waals surface area contributed by atoms with Crippen molar-refractivity contribution >= 4 is 64.2 Å². The Morgan fingerprint density at radius 2 is 1.05 bits per heavy atom. The van der Waals surface area contributed by atoms with Crippen LogP contribution >= 0.6 is 0 Å². The molecule has 2 fully saturated rings. The zero-order valence-corrected chi connectivity index (χ0v) is 47.0. The number of ether oxygens (including phenoxy) is 4. The van der Waals surface area contributed by atoms with Gasteiger partial charge in [-0.15, -0.1) is 0 Å². The van der Waals surface area contributed by atoms with Crippen LogP contribution in [0.4, 0.5) is 0 Å². The molecule has 1 saturated heterocycles. The molecule has 0 aromatic rings. The van der Waals surface area contributed by atoms with Gasteiger partial charge in [-0.25, -0.2) is 4.79 Å². The molecule has 0 aromatic heterocycles. The highest BCUT2D eigenvalue weighted by Crippen LogP contribution is 2.57. The maximum atomic E-state index is 14.0. The molecular formula is C38H82O12Si7. The van der Waals surface area contributed by atoms with Gasteiger partial charge in [0.15, 0.2) is 64.5 Å². The van der Waals surface area contributed by atoms with Gasteiger partial charge in [0.1, 0.15) is 41.7 Å². The van der Waals surface area contributed by atoms with Gasteiger partial charge >= 0.3 is 5.97 Å². The Hall–Kier alpha value is 0.168. The summed E-state index contributed by atoms with van der Waals surface area (Å²) < 4.78 is 76.0. The Balaban J connectivity index is 2.36. The molecule has 3 aliphatic rings. The summed E-state index contributed by atoms with van der Waals surface area (Å²) in [4.78, 5) is 14.0. The van der Waals surface area contributed by atoms with Gasteiger partial charge in [0.2, 0.25) is 6.29 Å². The van der Waals surface area contributed by atoms with Crippen molar-refractivity contribution in [1.82, 2.24) is 0 Å². The zero-order chi connectivity index (χ0) is 44.1. The van der Waals surface area contributed by atoms with Crippen LogP contribution in [-0.2, 0) is 54.7 Å². The quantitative estimate of drug-likeness (QED) is 0.0965. The molecule has 1 saturated carbocycles. The van der Waals surface area contributed by atoms with Gasteiger partial charge in [0.05, 0.1) is 32.0 Å². The SMILES string of the molecule is COC(=O)C1=COC(OC2OC(CO[Si](C)(C)C)C(O[Si](C)(C)C)C(O[Si](C)(C)C)C2O[Si](C)(C)C)C2C(C)C(O[Si](C)(C)C)C(O[Si](C)(C)C)C12O[Si](C)(C)C. The smallest absolute Gasteiger partial charge is 0.339 e. The molecule has 0 aromatic carbocycles. The molecule has 11 atom stereocenters. The van der Waals surface area contributed by atoms with Crippen LogP contribution in [0, 0.1) is 11.8 Å². The molecule has 0 radical (unpaired) electrons. The third-order valence-electron chi connectivity index (χ3n) is 9.19. The zero-order valence-electron chi connectivity index (χ0n) is 40.0.